The van der Waals surface area contributed by atoms with Gasteiger partial charge in [-0.05, 0) is 30.7 Å². The summed E-state index contributed by atoms with van der Waals surface area (Å²) in [7, 11) is 1.28. The van der Waals surface area contributed by atoms with Gasteiger partial charge in [-0.3, -0.25) is 24.5 Å². The number of alkyl halides is 5. The van der Waals surface area contributed by atoms with Gasteiger partial charge in [0.1, 0.15) is 27.3 Å². The van der Waals surface area contributed by atoms with Crippen molar-refractivity contribution in [2.24, 2.45) is 5.92 Å². The molecule has 4 aromatic rings. The van der Waals surface area contributed by atoms with E-state index in [1.54, 1.807) is 0 Å². The Morgan fingerprint density at radius 3 is 2.65 bits per heavy atom. The van der Waals surface area contributed by atoms with Gasteiger partial charge in [0.2, 0.25) is 5.13 Å². The SMILES string of the molecule is COc1cnc(C(F)F)cc1-c1cc(-n2cccc(Cl)c2=O)ncc1C(=O)Nc1nnc(C2C[C@@H]2C(F)(F)F)s1. The molecule has 1 N–H and O–H groups in total. The van der Waals surface area contributed by atoms with Crippen molar-refractivity contribution in [1.29, 1.82) is 0 Å². The number of nitrogens with one attached hydrogen (secondary N) is 1. The summed E-state index contributed by atoms with van der Waals surface area (Å²) < 4.78 is 72.3. The van der Waals surface area contributed by atoms with Crippen LogP contribution >= 0.6 is 22.9 Å². The van der Waals surface area contributed by atoms with E-state index >= 15 is 0 Å². The van der Waals surface area contributed by atoms with Gasteiger partial charge in [-0.2, -0.15) is 13.2 Å². The number of ether oxygens (including phenoxy) is 1. The van der Waals surface area contributed by atoms with E-state index in [4.69, 9.17) is 16.3 Å². The molecule has 4 heterocycles. The smallest absolute Gasteiger partial charge is 0.392 e. The Morgan fingerprint density at radius 2 is 1.98 bits per heavy atom. The largest absolute Gasteiger partial charge is 0.494 e. The number of nitrogens with zero attached hydrogens (tertiary/aromatic N) is 5. The lowest BCUT2D eigenvalue weighted by Crippen LogP contribution is -2.20. The average molecular weight is 599 g/mol. The summed E-state index contributed by atoms with van der Waals surface area (Å²) in [6.07, 6.45) is -3.86. The zero-order valence-electron chi connectivity index (χ0n) is 20.1. The first-order chi connectivity index (χ1) is 19.0. The third-order valence-electron chi connectivity index (χ3n) is 6.09. The number of carbonyl (C=O) groups is 1. The van der Waals surface area contributed by atoms with Crippen LogP contribution in [0, 0.1) is 5.92 Å². The van der Waals surface area contributed by atoms with Crippen molar-refractivity contribution in [1.82, 2.24) is 24.7 Å². The molecule has 0 saturated heterocycles. The highest BCUT2D eigenvalue weighted by Crippen LogP contribution is 2.56. The van der Waals surface area contributed by atoms with Gasteiger partial charge < -0.3 is 4.74 Å². The van der Waals surface area contributed by atoms with Crippen LogP contribution in [0.25, 0.3) is 16.9 Å². The minimum absolute atomic E-state index is 0.0154. The van der Waals surface area contributed by atoms with Crippen LogP contribution in [-0.2, 0) is 0 Å². The Kier molecular flexibility index (Phi) is 7.27. The second kappa shape index (κ2) is 10.5. The zero-order valence-corrected chi connectivity index (χ0v) is 21.7. The van der Waals surface area contributed by atoms with Crippen LogP contribution in [0.4, 0.5) is 27.1 Å². The molecule has 0 spiro atoms. The van der Waals surface area contributed by atoms with Crippen molar-refractivity contribution in [2.75, 3.05) is 12.4 Å². The minimum Gasteiger partial charge on any atom is -0.494 e. The summed E-state index contributed by atoms with van der Waals surface area (Å²) in [6, 6.07) is 5.21. The molecule has 2 atom stereocenters. The third-order valence-corrected chi connectivity index (χ3v) is 7.35. The van der Waals surface area contributed by atoms with Gasteiger partial charge in [-0.25, -0.2) is 13.8 Å². The van der Waals surface area contributed by atoms with Crippen molar-refractivity contribution in [3.05, 3.63) is 74.5 Å². The molecule has 0 aromatic carbocycles. The fraction of sp³-hybridized carbons (Fsp3) is 0.250. The molecule has 208 valence electrons. The first kappa shape index (κ1) is 27.6. The summed E-state index contributed by atoms with van der Waals surface area (Å²) in [5.74, 6) is -3.09. The molecule has 9 nitrogen and oxygen atoms in total. The maximum atomic E-state index is 13.5. The molecule has 1 aliphatic rings. The van der Waals surface area contributed by atoms with Gasteiger partial charge in [0.15, 0.2) is 0 Å². The van der Waals surface area contributed by atoms with Crippen LogP contribution in [0.5, 0.6) is 5.75 Å². The molecule has 4 aromatic heterocycles. The number of halogens is 6. The first-order valence-corrected chi connectivity index (χ1v) is 12.6. The molecular weight excluding hydrogens is 583 g/mol. The summed E-state index contributed by atoms with van der Waals surface area (Å²) in [5.41, 5.74) is -1.27. The highest BCUT2D eigenvalue weighted by atomic mass is 35.5. The van der Waals surface area contributed by atoms with Crippen LogP contribution in [-0.4, -0.2) is 43.9 Å². The summed E-state index contributed by atoms with van der Waals surface area (Å²) in [5, 5.41) is 9.98. The van der Waals surface area contributed by atoms with Gasteiger partial charge >= 0.3 is 6.18 Å². The predicted octanol–water partition coefficient (Wildman–Crippen LogP) is 5.66. The van der Waals surface area contributed by atoms with Gasteiger partial charge in [0.25, 0.3) is 17.9 Å². The second-order valence-electron chi connectivity index (χ2n) is 8.62. The summed E-state index contributed by atoms with van der Waals surface area (Å²) in [4.78, 5) is 33.8. The normalized spacial score (nSPS) is 16.7. The highest BCUT2D eigenvalue weighted by Gasteiger charge is 2.57. The van der Waals surface area contributed by atoms with E-state index in [-0.39, 0.29) is 49.8 Å². The number of anilines is 1. The topological polar surface area (TPSA) is 112 Å². The average Bonchev–Trinajstić information content (AvgIpc) is 3.62. The minimum atomic E-state index is -4.35. The fourth-order valence-electron chi connectivity index (χ4n) is 4.01. The Labute approximate surface area is 230 Å². The van der Waals surface area contributed by atoms with Crippen LogP contribution < -0.4 is 15.6 Å². The molecular formula is C24H16ClF5N6O3S. The standard InChI is InChI=1S/C24H16ClF5N6O3S/c1-39-17-9-31-16(19(26)27)6-11(17)10-7-18(36-4-2-3-15(25)22(36)38)32-8-13(10)20(37)33-23-35-34-21(40-23)12-5-14(12)24(28,29)30/h2-4,6-9,12,14,19H,5H2,1H3,(H,33,35,37)/t12?,14-/m0/s1. The Morgan fingerprint density at radius 1 is 1.20 bits per heavy atom. The monoisotopic (exact) mass is 598 g/mol. The number of carbonyl (C=O) groups excluding carboxylic acids is 1. The van der Waals surface area contributed by atoms with E-state index in [1.165, 1.54) is 31.5 Å². The lowest BCUT2D eigenvalue weighted by Gasteiger charge is -2.15. The maximum absolute atomic E-state index is 13.5. The number of rotatable bonds is 7. The molecule has 1 fully saturated rings. The second-order valence-corrected chi connectivity index (χ2v) is 10.0. The zero-order chi connectivity index (χ0) is 28.8. The van der Waals surface area contributed by atoms with Gasteiger partial charge in [0, 0.05) is 29.4 Å². The summed E-state index contributed by atoms with van der Waals surface area (Å²) in [6.45, 7) is 0. The van der Waals surface area contributed by atoms with Crippen LogP contribution in [0.15, 0.2) is 47.7 Å². The van der Waals surface area contributed by atoms with E-state index in [9.17, 15) is 31.5 Å². The predicted molar refractivity (Wildman–Crippen MR) is 134 cm³/mol. The van der Waals surface area contributed by atoms with Crippen molar-refractivity contribution < 1.29 is 31.5 Å². The van der Waals surface area contributed by atoms with E-state index < -0.39 is 41.6 Å². The fourth-order valence-corrected chi connectivity index (χ4v) is 5.09. The van der Waals surface area contributed by atoms with Crippen molar-refractivity contribution in [3.63, 3.8) is 0 Å². The molecule has 1 aliphatic carbocycles. The van der Waals surface area contributed by atoms with Crippen molar-refractivity contribution in [3.8, 4) is 22.7 Å². The molecule has 16 heteroatoms. The van der Waals surface area contributed by atoms with E-state index in [2.05, 4.69) is 25.5 Å². The Hall–Kier alpha value is -3.98. The van der Waals surface area contributed by atoms with Gasteiger partial charge in [0.05, 0.1) is 24.8 Å². The van der Waals surface area contributed by atoms with Crippen molar-refractivity contribution >= 4 is 34.0 Å². The molecule has 40 heavy (non-hydrogen) atoms. The number of amides is 1. The molecule has 1 unspecified atom stereocenters. The highest BCUT2D eigenvalue weighted by molar-refractivity contribution is 7.15. The van der Waals surface area contributed by atoms with E-state index in [0.29, 0.717) is 0 Å². The molecule has 0 radical (unpaired) electrons. The van der Waals surface area contributed by atoms with E-state index in [1.807, 2.05) is 0 Å². The number of pyridine rings is 3. The van der Waals surface area contributed by atoms with Crippen LogP contribution in [0.1, 0.15) is 39.8 Å². The van der Waals surface area contributed by atoms with Crippen molar-refractivity contribution in [2.45, 2.75) is 24.9 Å². The molecule has 1 saturated carbocycles. The number of hydrogen-bond acceptors (Lipinski definition) is 8. The van der Waals surface area contributed by atoms with Crippen LogP contribution in [0.2, 0.25) is 5.02 Å². The maximum Gasteiger partial charge on any atom is 0.392 e. The Bertz CT molecular complexity index is 1660. The molecule has 1 amide bonds. The molecule has 0 bridgehead atoms. The first-order valence-electron chi connectivity index (χ1n) is 11.4. The number of methoxy groups -OCH3 is 1. The lowest BCUT2D eigenvalue weighted by molar-refractivity contribution is -0.148. The van der Waals surface area contributed by atoms with Gasteiger partial charge in [-0.1, -0.05) is 22.9 Å². The molecule has 5 rings (SSSR count). The molecule has 0 aliphatic heterocycles. The number of hydrogen-bond donors (Lipinski definition) is 1. The summed E-state index contributed by atoms with van der Waals surface area (Å²) >= 11 is 6.74. The van der Waals surface area contributed by atoms with Gasteiger partial charge in [-0.15, -0.1) is 10.2 Å². The quantitative estimate of drug-likeness (QED) is 0.273. The lowest BCUT2D eigenvalue weighted by atomic mass is 10.00. The Balaban J connectivity index is 1.56. The van der Waals surface area contributed by atoms with Crippen LogP contribution in [0.3, 0.4) is 0 Å². The number of aromatic nitrogens is 5. The van der Waals surface area contributed by atoms with E-state index in [0.717, 1.165) is 34.4 Å². The third kappa shape index (κ3) is 5.38.